The van der Waals surface area contributed by atoms with Crippen LogP contribution >= 0.6 is 11.3 Å². The summed E-state index contributed by atoms with van der Waals surface area (Å²) >= 11 is 1.42. The minimum Gasteiger partial charge on any atom is -0.350 e. The molecule has 0 fully saturated rings. The van der Waals surface area contributed by atoms with Crippen LogP contribution in [0.4, 0.5) is 4.39 Å². The second-order valence-electron chi connectivity index (χ2n) is 4.91. The number of benzene rings is 1. The van der Waals surface area contributed by atoms with Gasteiger partial charge in [-0.2, -0.15) is 0 Å². The summed E-state index contributed by atoms with van der Waals surface area (Å²) in [6.45, 7) is 0.479. The zero-order valence-electron chi connectivity index (χ0n) is 12.2. The van der Waals surface area contributed by atoms with E-state index in [1.54, 1.807) is 29.9 Å². The number of pyridine rings is 1. The van der Waals surface area contributed by atoms with Gasteiger partial charge in [-0.3, -0.25) is 9.78 Å². The highest BCUT2D eigenvalue weighted by Crippen LogP contribution is 2.22. The van der Waals surface area contributed by atoms with E-state index in [9.17, 15) is 9.18 Å². The molecule has 2 heterocycles. The highest BCUT2D eigenvalue weighted by atomic mass is 32.1. The van der Waals surface area contributed by atoms with Gasteiger partial charge in [0, 0.05) is 29.9 Å². The Morgan fingerprint density at radius 2 is 1.87 bits per heavy atom. The second kappa shape index (κ2) is 7.11. The Hall–Kier alpha value is -2.60. The van der Waals surface area contributed by atoms with E-state index in [0.29, 0.717) is 18.7 Å². The first-order valence-corrected chi connectivity index (χ1v) is 7.99. The smallest absolute Gasteiger partial charge is 0.270 e. The number of halogens is 1. The van der Waals surface area contributed by atoms with Gasteiger partial charge in [0.25, 0.3) is 5.91 Å². The molecule has 0 bridgehead atoms. The van der Waals surface area contributed by atoms with Gasteiger partial charge in [-0.1, -0.05) is 12.1 Å². The van der Waals surface area contributed by atoms with Gasteiger partial charge < -0.3 is 5.32 Å². The molecule has 0 unspecified atom stereocenters. The molecule has 0 radical (unpaired) electrons. The molecule has 0 saturated carbocycles. The van der Waals surface area contributed by atoms with E-state index in [2.05, 4.69) is 15.3 Å². The van der Waals surface area contributed by atoms with Gasteiger partial charge in [0.05, 0.1) is 0 Å². The average Bonchev–Trinajstić information content (AvgIpc) is 3.07. The van der Waals surface area contributed by atoms with Crippen molar-refractivity contribution in [2.45, 2.75) is 6.42 Å². The SMILES string of the molecule is O=C(NCCc1ccc(F)cc1)c1csc(-c2ccncc2)n1. The van der Waals surface area contributed by atoms with Crippen LogP contribution in [0, 0.1) is 5.82 Å². The first kappa shape index (κ1) is 15.3. The molecule has 1 N–H and O–H groups in total. The van der Waals surface area contributed by atoms with Crippen molar-refractivity contribution >= 4 is 17.2 Å². The van der Waals surface area contributed by atoms with E-state index >= 15 is 0 Å². The lowest BCUT2D eigenvalue weighted by molar-refractivity contribution is 0.0950. The molecule has 3 rings (SSSR count). The predicted molar refractivity (Wildman–Crippen MR) is 87.8 cm³/mol. The van der Waals surface area contributed by atoms with Crippen molar-refractivity contribution in [3.8, 4) is 10.6 Å². The van der Waals surface area contributed by atoms with Gasteiger partial charge >= 0.3 is 0 Å². The van der Waals surface area contributed by atoms with Crippen LogP contribution in [0.2, 0.25) is 0 Å². The van der Waals surface area contributed by atoms with E-state index in [1.807, 2.05) is 12.1 Å². The summed E-state index contributed by atoms with van der Waals surface area (Å²) in [4.78, 5) is 20.4. The summed E-state index contributed by atoms with van der Waals surface area (Å²) in [7, 11) is 0. The first-order valence-electron chi connectivity index (χ1n) is 7.11. The number of amides is 1. The lowest BCUT2D eigenvalue weighted by atomic mass is 10.1. The minimum absolute atomic E-state index is 0.205. The molecule has 6 heteroatoms. The van der Waals surface area contributed by atoms with Crippen LogP contribution < -0.4 is 5.32 Å². The van der Waals surface area contributed by atoms with Gasteiger partial charge in [-0.25, -0.2) is 9.37 Å². The van der Waals surface area contributed by atoms with Crippen molar-refractivity contribution in [3.63, 3.8) is 0 Å². The fraction of sp³-hybridized carbons (Fsp3) is 0.118. The number of aromatic nitrogens is 2. The normalized spacial score (nSPS) is 10.5. The molecule has 0 aliphatic rings. The van der Waals surface area contributed by atoms with Crippen LogP contribution in [0.25, 0.3) is 10.6 Å². The van der Waals surface area contributed by atoms with Crippen molar-refractivity contribution in [2.75, 3.05) is 6.54 Å². The maximum Gasteiger partial charge on any atom is 0.270 e. The fourth-order valence-electron chi connectivity index (χ4n) is 2.07. The number of rotatable bonds is 5. The largest absolute Gasteiger partial charge is 0.350 e. The second-order valence-corrected chi connectivity index (χ2v) is 5.76. The van der Waals surface area contributed by atoms with Crippen molar-refractivity contribution in [1.29, 1.82) is 0 Å². The number of nitrogens with one attached hydrogen (secondary N) is 1. The molecule has 0 aliphatic heterocycles. The van der Waals surface area contributed by atoms with Gasteiger partial charge in [-0.15, -0.1) is 11.3 Å². The molecule has 0 atom stereocenters. The van der Waals surface area contributed by atoms with Crippen LogP contribution in [-0.2, 0) is 6.42 Å². The maximum absolute atomic E-state index is 12.8. The third-order valence-corrected chi connectivity index (χ3v) is 4.17. The van der Waals surface area contributed by atoms with E-state index in [4.69, 9.17) is 0 Å². The molecule has 3 aromatic rings. The first-order chi connectivity index (χ1) is 11.2. The van der Waals surface area contributed by atoms with Crippen molar-refractivity contribution in [1.82, 2.24) is 15.3 Å². The van der Waals surface area contributed by atoms with Crippen LogP contribution in [-0.4, -0.2) is 22.4 Å². The lowest BCUT2D eigenvalue weighted by Crippen LogP contribution is -2.25. The standard InChI is InChI=1S/C17H14FN3OS/c18-14-3-1-12(2-4-14)5-10-20-16(22)15-11-23-17(21-15)13-6-8-19-9-7-13/h1-4,6-9,11H,5,10H2,(H,20,22). The molecule has 1 amide bonds. The number of carbonyl (C=O) groups excluding carboxylic acids is 1. The third kappa shape index (κ3) is 3.98. The Morgan fingerprint density at radius 3 is 2.61 bits per heavy atom. The quantitative estimate of drug-likeness (QED) is 0.782. The van der Waals surface area contributed by atoms with Crippen LogP contribution in [0.15, 0.2) is 54.2 Å². The van der Waals surface area contributed by atoms with Crippen molar-refractivity contribution in [3.05, 3.63) is 71.2 Å². The van der Waals surface area contributed by atoms with Crippen molar-refractivity contribution in [2.24, 2.45) is 0 Å². The monoisotopic (exact) mass is 327 g/mol. The number of thiazole rings is 1. The average molecular weight is 327 g/mol. The van der Waals surface area contributed by atoms with E-state index < -0.39 is 0 Å². The summed E-state index contributed by atoms with van der Waals surface area (Å²) in [5, 5.41) is 5.35. The Balaban J connectivity index is 1.56. The van der Waals surface area contributed by atoms with Crippen LogP contribution in [0.5, 0.6) is 0 Å². The van der Waals surface area contributed by atoms with E-state index in [0.717, 1.165) is 16.1 Å². The topological polar surface area (TPSA) is 54.9 Å². The molecule has 0 aliphatic carbocycles. The molecule has 23 heavy (non-hydrogen) atoms. The summed E-state index contributed by atoms with van der Waals surface area (Å²) < 4.78 is 12.8. The Bertz CT molecular complexity index is 787. The molecule has 116 valence electrons. The predicted octanol–water partition coefficient (Wildman–Crippen LogP) is 3.32. The molecule has 1 aromatic carbocycles. The van der Waals surface area contributed by atoms with Gasteiger partial charge in [-0.05, 0) is 36.2 Å². The third-order valence-electron chi connectivity index (χ3n) is 3.28. The van der Waals surface area contributed by atoms with Crippen LogP contribution in [0.1, 0.15) is 16.1 Å². The van der Waals surface area contributed by atoms with Crippen molar-refractivity contribution < 1.29 is 9.18 Å². The summed E-state index contributed by atoms with van der Waals surface area (Å²) in [5.74, 6) is -0.465. The Kier molecular flexibility index (Phi) is 4.73. The molecule has 2 aromatic heterocycles. The highest BCUT2D eigenvalue weighted by Gasteiger charge is 2.11. The van der Waals surface area contributed by atoms with E-state index in [1.165, 1.54) is 23.5 Å². The molecule has 4 nitrogen and oxygen atoms in total. The summed E-state index contributed by atoms with van der Waals surface area (Å²) in [5.41, 5.74) is 2.32. The molecular weight excluding hydrogens is 313 g/mol. The van der Waals surface area contributed by atoms with Gasteiger partial charge in [0.15, 0.2) is 0 Å². The molecular formula is C17H14FN3OS. The zero-order chi connectivity index (χ0) is 16.1. The fourth-order valence-corrected chi connectivity index (χ4v) is 2.87. The highest BCUT2D eigenvalue weighted by molar-refractivity contribution is 7.13. The van der Waals surface area contributed by atoms with Gasteiger partial charge in [0.1, 0.15) is 16.5 Å². The Morgan fingerprint density at radius 1 is 1.13 bits per heavy atom. The molecule has 0 saturated heterocycles. The zero-order valence-corrected chi connectivity index (χ0v) is 13.0. The number of hydrogen-bond donors (Lipinski definition) is 1. The van der Waals surface area contributed by atoms with E-state index in [-0.39, 0.29) is 11.7 Å². The lowest BCUT2D eigenvalue weighted by Gasteiger charge is -2.03. The minimum atomic E-state index is -0.260. The number of nitrogens with zero attached hydrogens (tertiary/aromatic N) is 2. The maximum atomic E-state index is 12.8. The number of hydrogen-bond acceptors (Lipinski definition) is 4. The van der Waals surface area contributed by atoms with Crippen LogP contribution in [0.3, 0.4) is 0 Å². The van der Waals surface area contributed by atoms with Gasteiger partial charge in [0.2, 0.25) is 0 Å². The number of carbonyl (C=O) groups is 1. The summed E-state index contributed by atoms with van der Waals surface area (Å²) in [6, 6.07) is 9.97. The Labute approximate surface area is 137 Å². The summed E-state index contributed by atoms with van der Waals surface area (Å²) in [6.07, 6.45) is 4.03. The molecule has 0 spiro atoms.